The van der Waals surface area contributed by atoms with Crippen LogP contribution in [0.25, 0.3) is 0 Å². The minimum Gasteiger partial charge on any atom is -0.432 e. The van der Waals surface area contributed by atoms with Crippen molar-refractivity contribution in [2.24, 2.45) is 0 Å². The van der Waals surface area contributed by atoms with E-state index in [1.807, 2.05) is 6.92 Å². The van der Waals surface area contributed by atoms with Crippen molar-refractivity contribution in [3.8, 4) is 11.6 Å². The highest BCUT2D eigenvalue weighted by atomic mass is 35.5. The number of nitrogens with zero attached hydrogens (tertiary/aromatic N) is 3. The van der Waals surface area contributed by atoms with E-state index in [2.05, 4.69) is 15.3 Å². The fourth-order valence-corrected chi connectivity index (χ4v) is 1.85. The van der Waals surface area contributed by atoms with Gasteiger partial charge in [-0.3, -0.25) is 10.1 Å². The molecule has 7 nitrogen and oxygen atoms in total. The zero-order valence-electron chi connectivity index (χ0n) is 10.8. The molecule has 0 bridgehead atoms. The molecule has 0 saturated carbocycles. The molecule has 1 heterocycles. The molecular formula is C12H11ClN4O3. The Labute approximate surface area is 119 Å². The molecule has 2 aromatic rings. The van der Waals surface area contributed by atoms with Gasteiger partial charge in [0.2, 0.25) is 5.82 Å². The predicted molar refractivity (Wildman–Crippen MR) is 74.5 cm³/mol. The zero-order valence-corrected chi connectivity index (χ0v) is 11.5. The number of rotatable bonds is 4. The molecule has 1 N–H and O–H groups in total. The number of aryl methyl sites for hydroxylation is 1. The van der Waals surface area contributed by atoms with Crippen molar-refractivity contribution in [3.05, 3.63) is 45.2 Å². The lowest BCUT2D eigenvalue weighted by molar-refractivity contribution is -0.385. The van der Waals surface area contributed by atoms with E-state index in [9.17, 15) is 10.1 Å². The second-order valence-corrected chi connectivity index (χ2v) is 4.33. The Bertz CT molecular complexity index is 663. The summed E-state index contributed by atoms with van der Waals surface area (Å²) in [6.07, 6.45) is 1.18. The first-order chi connectivity index (χ1) is 9.52. The van der Waals surface area contributed by atoms with Crippen molar-refractivity contribution in [1.29, 1.82) is 0 Å². The molecule has 0 radical (unpaired) electrons. The Morgan fingerprint density at radius 3 is 2.75 bits per heavy atom. The van der Waals surface area contributed by atoms with Crippen LogP contribution >= 0.6 is 11.6 Å². The molecule has 1 aromatic carbocycles. The third-order valence-electron chi connectivity index (χ3n) is 2.50. The maximum absolute atomic E-state index is 11.1. The predicted octanol–water partition coefficient (Wildman–Crippen LogP) is 3.18. The molecule has 0 saturated heterocycles. The molecule has 0 unspecified atom stereocenters. The van der Waals surface area contributed by atoms with Gasteiger partial charge in [0.15, 0.2) is 0 Å². The average Bonchev–Trinajstić information content (AvgIpc) is 2.41. The Morgan fingerprint density at radius 2 is 2.15 bits per heavy atom. The van der Waals surface area contributed by atoms with E-state index in [1.54, 1.807) is 18.2 Å². The first kappa shape index (κ1) is 14.0. The van der Waals surface area contributed by atoms with Crippen molar-refractivity contribution < 1.29 is 9.66 Å². The Kier molecular flexibility index (Phi) is 3.99. The topological polar surface area (TPSA) is 90.2 Å². The minimum atomic E-state index is -0.608. The van der Waals surface area contributed by atoms with Gasteiger partial charge in [0.1, 0.15) is 12.1 Å². The fourth-order valence-electron chi connectivity index (χ4n) is 1.58. The van der Waals surface area contributed by atoms with E-state index in [1.165, 1.54) is 13.4 Å². The lowest BCUT2D eigenvalue weighted by Crippen LogP contribution is -2.03. The summed E-state index contributed by atoms with van der Waals surface area (Å²) >= 11 is 6.03. The van der Waals surface area contributed by atoms with Crippen LogP contribution in [0.1, 0.15) is 5.56 Å². The number of ether oxygens (including phenoxy) is 1. The molecule has 0 aliphatic heterocycles. The SMILES string of the molecule is CNc1ncnc(Oc2ccc(C)cc2Cl)c1[N+](=O)[O-]. The van der Waals surface area contributed by atoms with Gasteiger partial charge in [-0.05, 0) is 24.6 Å². The molecule has 1 aromatic heterocycles. The van der Waals surface area contributed by atoms with E-state index in [-0.39, 0.29) is 17.4 Å². The first-order valence-electron chi connectivity index (χ1n) is 5.64. The molecule has 0 atom stereocenters. The van der Waals surface area contributed by atoms with Gasteiger partial charge in [-0.2, -0.15) is 4.98 Å². The standard InChI is InChI=1S/C12H11ClN4O3/c1-7-3-4-9(8(13)5-7)20-12-10(17(18)19)11(14-2)15-6-16-12/h3-6H,1-2H3,(H,14,15,16). The van der Waals surface area contributed by atoms with Gasteiger partial charge in [-0.1, -0.05) is 17.7 Å². The third-order valence-corrected chi connectivity index (χ3v) is 2.80. The fraction of sp³-hybridized carbons (Fsp3) is 0.167. The molecule has 0 fully saturated rings. The lowest BCUT2D eigenvalue weighted by atomic mass is 10.2. The van der Waals surface area contributed by atoms with Gasteiger partial charge in [-0.25, -0.2) is 4.98 Å². The molecule has 0 spiro atoms. The van der Waals surface area contributed by atoms with E-state index in [4.69, 9.17) is 16.3 Å². The highest BCUT2D eigenvalue weighted by molar-refractivity contribution is 6.32. The molecule has 0 aliphatic rings. The smallest absolute Gasteiger partial charge is 0.373 e. The van der Waals surface area contributed by atoms with E-state index < -0.39 is 4.92 Å². The summed E-state index contributed by atoms with van der Waals surface area (Å²) in [7, 11) is 1.53. The number of halogens is 1. The van der Waals surface area contributed by atoms with E-state index in [0.29, 0.717) is 10.8 Å². The van der Waals surface area contributed by atoms with Crippen LogP contribution in [0.4, 0.5) is 11.5 Å². The number of nitro groups is 1. The van der Waals surface area contributed by atoms with Crippen LogP contribution in [0.15, 0.2) is 24.5 Å². The van der Waals surface area contributed by atoms with Gasteiger partial charge in [0.05, 0.1) is 9.95 Å². The van der Waals surface area contributed by atoms with E-state index >= 15 is 0 Å². The monoisotopic (exact) mass is 294 g/mol. The average molecular weight is 295 g/mol. The Balaban J connectivity index is 2.45. The highest BCUT2D eigenvalue weighted by Crippen LogP contribution is 2.36. The third kappa shape index (κ3) is 2.77. The molecule has 104 valence electrons. The summed E-state index contributed by atoms with van der Waals surface area (Å²) in [5.41, 5.74) is 0.613. The first-order valence-corrected chi connectivity index (χ1v) is 6.02. The number of nitrogens with one attached hydrogen (secondary N) is 1. The van der Waals surface area contributed by atoms with Gasteiger partial charge < -0.3 is 10.1 Å². The Morgan fingerprint density at radius 1 is 1.40 bits per heavy atom. The maximum atomic E-state index is 11.1. The number of hydrogen-bond donors (Lipinski definition) is 1. The normalized spacial score (nSPS) is 10.2. The minimum absolute atomic E-state index is 0.0724. The summed E-state index contributed by atoms with van der Waals surface area (Å²) < 4.78 is 5.43. The van der Waals surface area contributed by atoms with Crippen LogP contribution in [0.2, 0.25) is 5.02 Å². The number of aromatic nitrogens is 2. The second-order valence-electron chi connectivity index (χ2n) is 3.92. The van der Waals surface area contributed by atoms with Gasteiger partial charge in [0, 0.05) is 7.05 Å². The zero-order chi connectivity index (χ0) is 14.7. The maximum Gasteiger partial charge on any atom is 0.373 e. The number of anilines is 1. The van der Waals surface area contributed by atoms with Crippen LogP contribution in [0.3, 0.4) is 0 Å². The quantitative estimate of drug-likeness (QED) is 0.688. The van der Waals surface area contributed by atoms with Crippen LogP contribution in [-0.4, -0.2) is 21.9 Å². The second kappa shape index (κ2) is 5.70. The molecular weight excluding hydrogens is 284 g/mol. The van der Waals surface area contributed by atoms with Gasteiger partial charge >= 0.3 is 11.6 Å². The van der Waals surface area contributed by atoms with Gasteiger partial charge in [-0.15, -0.1) is 0 Å². The van der Waals surface area contributed by atoms with Crippen molar-refractivity contribution in [1.82, 2.24) is 9.97 Å². The van der Waals surface area contributed by atoms with Crippen molar-refractivity contribution in [2.45, 2.75) is 6.92 Å². The molecule has 20 heavy (non-hydrogen) atoms. The molecule has 2 rings (SSSR count). The van der Waals surface area contributed by atoms with Gasteiger partial charge in [0.25, 0.3) is 0 Å². The van der Waals surface area contributed by atoms with Crippen molar-refractivity contribution >= 4 is 23.1 Å². The molecule has 0 aliphatic carbocycles. The van der Waals surface area contributed by atoms with Crippen LogP contribution in [0, 0.1) is 17.0 Å². The summed E-state index contributed by atoms with van der Waals surface area (Å²) in [5, 5.41) is 14.1. The van der Waals surface area contributed by atoms with E-state index in [0.717, 1.165) is 5.56 Å². The van der Waals surface area contributed by atoms with Crippen molar-refractivity contribution in [2.75, 3.05) is 12.4 Å². The summed E-state index contributed by atoms with van der Waals surface area (Å²) in [6, 6.07) is 5.11. The van der Waals surface area contributed by atoms with Crippen molar-refractivity contribution in [3.63, 3.8) is 0 Å². The van der Waals surface area contributed by atoms with Crippen LogP contribution in [-0.2, 0) is 0 Å². The summed E-state index contributed by atoms with van der Waals surface area (Å²) in [6.45, 7) is 1.88. The van der Waals surface area contributed by atoms with Crippen LogP contribution < -0.4 is 10.1 Å². The highest BCUT2D eigenvalue weighted by Gasteiger charge is 2.24. The number of benzene rings is 1. The summed E-state index contributed by atoms with van der Waals surface area (Å²) in [4.78, 5) is 18.1. The Hall–Kier alpha value is -2.41. The largest absolute Gasteiger partial charge is 0.432 e. The van der Waals surface area contributed by atoms with Crippen LogP contribution in [0.5, 0.6) is 11.6 Å². The molecule has 8 heteroatoms. The number of hydrogen-bond acceptors (Lipinski definition) is 6. The lowest BCUT2D eigenvalue weighted by Gasteiger charge is -2.08. The molecule has 0 amide bonds. The summed E-state index contributed by atoms with van der Waals surface area (Å²) in [5.74, 6) is 0.199.